The van der Waals surface area contributed by atoms with Gasteiger partial charge in [-0.25, -0.2) is 4.39 Å². The first kappa shape index (κ1) is 21.1. The van der Waals surface area contributed by atoms with Gasteiger partial charge in [0.15, 0.2) is 0 Å². The average Bonchev–Trinajstić information content (AvgIpc) is 3.07. The normalized spacial score (nSPS) is 15.7. The molecule has 1 aromatic carbocycles. The summed E-state index contributed by atoms with van der Waals surface area (Å²) in [7, 11) is 0. The molecule has 1 amide bonds. The van der Waals surface area contributed by atoms with Crippen LogP contribution >= 0.6 is 0 Å². The Bertz CT molecular complexity index is 862. The highest BCUT2D eigenvalue weighted by molar-refractivity contribution is 5.76. The third-order valence-corrected chi connectivity index (χ3v) is 4.84. The molecule has 0 radical (unpaired) electrons. The Hall–Kier alpha value is -2.62. The van der Waals surface area contributed by atoms with Crippen LogP contribution < -0.4 is 10.6 Å². The van der Waals surface area contributed by atoms with E-state index in [0.29, 0.717) is 30.9 Å². The van der Waals surface area contributed by atoms with Crippen LogP contribution in [0.4, 0.5) is 23.2 Å². The Balaban J connectivity index is 1.68. The van der Waals surface area contributed by atoms with Gasteiger partial charge in [-0.05, 0) is 44.2 Å². The standard InChI is InChI=1S/C19H23F4N5O/c1-18(2,24)15-11-16(19(21,22)23)28(25-15)12-17(29)27-9-7-26(8-10-27)14-5-3-13(20)4-6-14/h3-6,11H,7-10,12,24H2,1-2H3. The molecule has 29 heavy (non-hydrogen) atoms. The zero-order valence-electron chi connectivity index (χ0n) is 16.2. The summed E-state index contributed by atoms with van der Waals surface area (Å²) in [4.78, 5) is 16.1. The van der Waals surface area contributed by atoms with Gasteiger partial charge in [0, 0.05) is 31.9 Å². The number of anilines is 1. The second kappa shape index (κ2) is 7.66. The number of aromatic nitrogens is 2. The fourth-order valence-electron chi connectivity index (χ4n) is 3.17. The van der Waals surface area contributed by atoms with Gasteiger partial charge in [0.2, 0.25) is 5.91 Å². The van der Waals surface area contributed by atoms with E-state index >= 15 is 0 Å². The topological polar surface area (TPSA) is 67.4 Å². The molecule has 0 saturated carbocycles. The molecule has 2 N–H and O–H groups in total. The van der Waals surface area contributed by atoms with Crippen molar-refractivity contribution in [3.05, 3.63) is 47.5 Å². The number of nitrogens with two attached hydrogens (primary N) is 1. The molecule has 1 fully saturated rings. The van der Waals surface area contributed by atoms with E-state index in [1.165, 1.54) is 17.0 Å². The van der Waals surface area contributed by atoms with Crippen LogP contribution in [0, 0.1) is 5.82 Å². The van der Waals surface area contributed by atoms with Crippen LogP contribution in [-0.2, 0) is 23.1 Å². The van der Waals surface area contributed by atoms with E-state index < -0.39 is 29.9 Å². The average molecular weight is 413 g/mol. The Morgan fingerprint density at radius 3 is 2.21 bits per heavy atom. The van der Waals surface area contributed by atoms with Gasteiger partial charge in [0.1, 0.15) is 18.1 Å². The Morgan fingerprint density at radius 1 is 1.10 bits per heavy atom. The van der Waals surface area contributed by atoms with Crippen molar-refractivity contribution in [3.8, 4) is 0 Å². The Kier molecular flexibility index (Phi) is 5.57. The molecule has 1 saturated heterocycles. The first-order valence-electron chi connectivity index (χ1n) is 9.18. The van der Waals surface area contributed by atoms with Crippen molar-refractivity contribution in [2.45, 2.75) is 32.1 Å². The van der Waals surface area contributed by atoms with Gasteiger partial charge in [-0.15, -0.1) is 0 Å². The lowest BCUT2D eigenvalue weighted by Gasteiger charge is -2.36. The summed E-state index contributed by atoms with van der Waals surface area (Å²) in [5, 5.41) is 3.93. The third kappa shape index (κ3) is 4.87. The maximum Gasteiger partial charge on any atom is 0.433 e. The molecule has 0 aliphatic carbocycles. The van der Waals surface area contributed by atoms with E-state index in [-0.39, 0.29) is 11.5 Å². The summed E-state index contributed by atoms with van der Waals surface area (Å²) in [5.41, 5.74) is 4.71. The number of alkyl halides is 3. The van der Waals surface area contributed by atoms with Crippen molar-refractivity contribution in [3.63, 3.8) is 0 Å². The Labute approximate surface area is 165 Å². The number of hydrogen-bond acceptors (Lipinski definition) is 4. The number of piperazine rings is 1. The largest absolute Gasteiger partial charge is 0.433 e. The summed E-state index contributed by atoms with van der Waals surface area (Å²) in [5.74, 6) is -0.777. The molecule has 3 rings (SSSR count). The SMILES string of the molecule is CC(C)(N)c1cc(C(F)(F)F)n(CC(=O)N2CCN(c3ccc(F)cc3)CC2)n1. The van der Waals surface area contributed by atoms with E-state index in [2.05, 4.69) is 5.10 Å². The second-order valence-electron chi connectivity index (χ2n) is 7.64. The zero-order chi connectivity index (χ0) is 21.4. The molecular weight excluding hydrogens is 390 g/mol. The minimum absolute atomic E-state index is 0.0683. The van der Waals surface area contributed by atoms with Gasteiger partial charge in [0.25, 0.3) is 0 Å². The molecule has 0 unspecified atom stereocenters. The smallest absolute Gasteiger partial charge is 0.368 e. The number of benzene rings is 1. The van der Waals surface area contributed by atoms with E-state index in [1.807, 2.05) is 4.90 Å². The second-order valence-corrected chi connectivity index (χ2v) is 7.64. The maximum absolute atomic E-state index is 13.3. The van der Waals surface area contributed by atoms with E-state index in [0.717, 1.165) is 11.8 Å². The van der Waals surface area contributed by atoms with Crippen molar-refractivity contribution in [2.24, 2.45) is 5.73 Å². The molecule has 10 heteroatoms. The zero-order valence-corrected chi connectivity index (χ0v) is 16.2. The first-order valence-corrected chi connectivity index (χ1v) is 9.18. The minimum atomic E-state index is -4.64. The highest BCUT2D eigenvalue weighted by Crippen LogP contribution is 2.31. The highest BCUT2D eigenvalue weighted by atomic mass is 19.4. The fourth-order valence-corrected chi connectivity index (χ4v) is 3.17. The van der Waals surface area contributed by atoms with Crippen molar-refractivity contribution in [1.29, 1.82) is 0 Å². The molecule has 158 valence electrons. The number of rotatable bonds is 4. The van der Waals surface area contributed by atoms with Crippen molar-refractivity contribution in [1.82, 2.24) is 14.7 Å². The number of halogens is 4. The van der Waals surface area contributed by atoms with Gasteiger partial charge in [0.05, 0.1) is 11.2 Å². The van der Waals surface area contributed by atoms with Gasteiger partial charge in [-0.3, -0.25) is 9.48 Å². The molecule has 6 nitrogen and oxygen atoms in total. The molecule has 2 heterocycles. The number of carbonyl (C=O) groups excluding carboxylic acids is 1. The third-order valence-electron chi connectivity index (χ3n) is 4.84. The van der Waals surface area contributed by atoms with Crippen LogP contribution in [0.25, 0.3) is 0 Å². The fraction of sp³-hybridized carbons (Fsp3) is 0.474. The minimum Gasteiger partial charge on any atom is -0.368 e. The van der Waals surface area contributed by atoms with E-state index in [4.69, 9.17) is 5.73 Å². The Morgan fingerprint density at radius 2 is 1.69 bits per heavy atom. The molecule has 2 aromatic rings. The van der Waals surface area contributed by atoms with Crippen LogP contribution in [0.5, 0.6) is 0 Å². The lowest BCUT2D eigenvalue weighted by Crippen LogP contribution is -2.49. The predicted octanol–water partition coefficient (Wildman–Crippen LogP) is 2.58. The van der Waals surface area contributed by atoms with Crippen molar-refractivity contribution < 1.29 is 22.4 Å². The summed E-state index contributed by atoms with van der Waals surface area (Å²) >= 11 is 0. The van der Waals surface area contributed by atoms with Crippen LogP contribution in [-0.4, -0.2) is 46.8 Å². The molecule has 0 spiro atoms. The molecule has 0 bridgehead atoms. The highest BCUT2D eigenvalue weighted by Gasteiger charge is 2.38. The molecule has 1 aliphatic heterocycles. The van der Waals surface area contributed by atoms with E-state index in [1.54, 1.807) is 26.0 Å². The molecule has 1 aliphatic rings. The first-order chi connectivity index (χ1) is 13.4. The number of amides is 1. The van der Waals surface area contributed by atoms with Gasteiger partial charge >= 0.3 is 6.18 Å². The van der Waals surface area contributed by atoms with Gasteiger partial charge in [-0.1, -0.05) is 0 Å². The number of hydrogen-bond donors (Lipinski definition) is 1. The summed E-state index contributed by atoms with van der Waals surface area (Å²) in [6.45, 7) is 4.31. The quantitative estimate of drug-likeness (QED) is 0.783. The number of nitrogens with zero attached hydrogens (tertiary/aromatic N) is 4. The van der Waals surface area contributed by atoms with Crippen LogP contribution in [0.1, 0.15) is 25.2 Å². The lowest BCUT2D eigenvalue weighted by molar-refractivity contribution is -0.145. The predicted molar refractivity (Wildman–Crippen MR) is 99.6 cm³/mol. The summed E-state index contributed by atoms with van der Waals surface area (Å²) < 4.78 is 53.8. The lowest BCUT2D eigenvalue weighted by atomic mass is 10.0. The van der Waals surface area contributed by atoms with E-state index in [9.17, 15) is 22.4 Å². The van der Waals surface area contributed by atoms with Crippen molar-refractivity contribution >= 4 is 11.6 Å². The monoisotopic (exact) mass is 413 g/mol. The number of carbonyl (C=O) groups is 1. The van der Waals surface area contributed by atoms with Crippen LogP contribution in [0.2, 0.25) is 0 Å². The molecular formula is C19H23F4N5O. The van der Waals surface area contributed by atoms with Crippen LogP contribution in [0.3, 0.4) is 0 Å². The molecule has 1 aromatic heterocycles. The summed E-state index contributed by atoms with van der Waals surface area (Å²) in [6.07, 6.45) is -4.64. The van der Waals surface area contributed by atoms with Crippen molar-refractivity contribution in [2.75, 3.05) is 31.1 Å². The molecule has 0 atom stereocenters. The van der Waals surface area contributed by atoms with Gasteiger partial charge in [-0.2, -0.15) is 18.3 Å². The van der Waals surface area contributed by atoms with Crippen LogP contribution in [0.15, 0.2) is 30.3 Å². The summed E-state index contributed by atoms with van der Waals surface area (Å²) in [6, 6.07) is 6.92. The maximum atomic E-state index is 13.3. The van der Waals surface area contributed by atoms with Gasteiger partial charge < -0.3 is 15.5 Å².